The van der Waals surface area contributed by atoms with E-state index in [1.54, 1.807) is 12.1 Å². The standard InChI is InChI=1S/C13H15ClN4O3S/c1-3-17(4-2)13(19)18-9-15-12(16-18)22(20,21)11-8-6-5-7-10(11)14/h5-9H,3-4H2,1-2H3. The molecule has 1 heterocycles. The third-order valence-corrected chi connectivity index (χ3v) is 5.11. The Morgan fingerprint density at radius 2 is 1.91 bits per heavy atom. The van der Waals surface area contributed by atoms with Crippen LogP contribution in [0.1, 0.15) is 13.8 Å². The highest BCUT2D eigenvalue weighted by molar-refractivity contribution is 7.91. The summed E-state index contributed by atoms with van der Waals surface area (Å²) in [5.74, 6) is 0. The summed E-state index contributed by atoms with van der Waals surface area (Å²) >= 11 is 5.91. The largest absolute Gasteiger partial charge is 0.346 e. The van der Waals surface area contributed by atoms with Gasteiger partial charge in [-0.2, -0.15) is 4.68 Å². The van der Waals surface area contributed by atoms with Crippen molar-refractivity contribution in [1.29, 1.82) is 0 Å². The number of rotatable bonds is 4. The molecule has 1 aromatic heterocycles. The molecule has 2 rings (SSSR count). The van der Waals surface area contributed by atoms with E-state index >= 15 is 0 Å². The number of halogens is 1. The molecular weight excluding hydrogens is 328 g/mol. The Bertz CT molecular complexity index is 784. The third kappa shape index (κ3) is 2.97. The number of amides is 1. The van der Waals surface area contributed by atoms with Crippen LogP contribution in [-0.2, 0) is 9.84 Å². The molecule has 0 aliphatic rings. The molecular formula is C13H15ClN4O3S. The Hall–Kier alpha value is -1.93. The molecule has 2 aromatic rings. The summed E-state index contributed by atoms with van der Waals surface area (Å²) in [5.41, 5.74) is 0. The quantitative estimate of drug-likeness (QED) is 0.849. The van der Waals surface area contributed by atoms with Crippen LogP contribution < -0.4 is 0 Å². The van der Waals surface area contributed by atoms with Gasteiger partial charge in [0.05, 0.1) is 9.92 Å². The van der Waals surface area contributed by atoms with Crippen LogP contribution in [0, 0.1) is 0 Å². The van der Waals surface area contributed by atoms with Crippen molar-refractivity contribution in [2.24, 2.45) is 0 Å². The second-order valence-electron chi connectivity index (χ2n) is 4.36. The van der Waals surface area contributed by atoms with Crippen LogP contribution >= 0.6 is 11.6 Å². The van der Waals surface area contributed by atoms with Crippen molar-refractivity contribution in [2.75, 3.05) is 13.1 Å². The van der Waals surface area contributed by atoms with Gasteiger partial charge in [0.25, 0.3) is 5.16 Å². The zero-order valence-corrected chi connectivity index (χ0v) is 13.7. The van der Waals surface area contributed by atoms with Gasteiger partial charge in [-0.25, -0.2) is 18.2 Å². The Balaban J connectivity index is 2.40. The average Bonchev–Trinajstić information content (AvgIpc) is 2.99. The van der Waals surface area contributed by atoms with E-state index < -0.39 is 21.0 Å². The maximum atomic E-state index is 12.5. The van der Waals surface area contributed by atoms with Gasteiger partial charge in [0, 0.05) is 13.1 Å². The van der Waals surface area contributed by atoms with Crippen molar-refractivity contribution in [3.63, 3.8) is 0 Å². The van der Waals surface area contributed by atoms with Crippen LogP contribution in [0.25, 0.3) is 0 Å². The van der Waals surface area contributed by atoms with E-state index in [0.29, 0.717) is 13.1 Å². The van der Waals surface area contributed by atoms with E-state index in [4.69, 9.17) is 11.6 Å². The van der Waals surface area contributed by atoms with Crippen molar-refractivity contribution in [2.45, 2.75) is 23.9 Å². The van der Waals surface area contributed by atoms with Crippen molar-refractivity contribution < 1.29 is 13.2 Å². The van der Waals surface area contributed by atoms with Crippen molar-refractivity contribution in [3.05, 3.63) is 35.6 Å². The number of benzene rings is 1. The van der Waals surface area contributed by atoms with E-state index in [2.05, 4.69) is 10.1 Å². The lowest BCUT2D eigenvalue weighted by molar-refractivity contribution is 0.201. The van der Waals surface area contributed by atoms with E-state index in [0.717, 1.165) is 11.0 Å². The van der Waals surface area contributed by atoms with Gasteiger partial charge in [-0.1, -0.05) is 23.7 Å². The average molecular weight is 343 g/mol. The van der Waals surface area contributed by atoms with Gasteiger partial charge >= 0.3 is 6.03 Å². The molecule has 7 nitrogen and oxygen atoms in total. The first-order chi connectivity index (χ1) is 10.4. The molecule has 0 fully saturated rings. The van der Waals surface area contributed by atoms with Gasteiger partial charge < -0.3 is 4.90 Å². The summed E-state index contributed by atoms with van der Waals surface area (Å²) in [6.45, 7) is 4.61. The smallest absolute Gasteiger partial charge is 0.323 e. The molecule has 9 heteroatoms. The summed E-state index contributed by atoms with van der Waals surface area (Å²) in [5, 5.41) is 3.40. The number of hydrogen-bond acceptors (Lipinski definition) is 5. The minimum absolute atomic E-state index is 0.0777. The lowest BCUT2D eigenvalue weighted by atomic mass is 10.4. The number of aromatic nitrogens is 3. The van der Waals surface area contributed by atoms with Crippen molar-refractivity contribution >= 4 is 27.5 Å². The van der Waals surface area contributed by atoms with Gasteiger partial charge in [0.2, 0.25) is 9.84 Å². The van der Waals surface area contributed by atoms with E-state index in [1.807, 2.05) is 13.8 Å². The van der Waals surface area contributed by atoms with Gasteiger partial charge in [-0.05, 0) is 26.0 Å². The molecule has 22 heavy (non-hydrogen) atoms. The van der Waals surface area contributed by atoms with E-state index in [9.17, 15) is 13.2 Å². The molecule has 0 radical (unpaired) electrons. The molecule has 118 valence electrons. The molecule has 0 N–H and O–H groups in total. The molecule has 0 spiro atoms. The molecule has 0 aliphatic heterocycles. The first-order valence-electron chi connectivity index (χ1n) is 6.62. The number of hydrogen-bond donors (Lipinski definition) is 0. The minimum Gasteiger partial charge on any atom is -0.323 e. The molecule has 0 atom stereocenters. The van der Waals surface area contributed by atoms with Gasteiger partial charge in [-0.3, -0.25) is 0 Å². The summed E-state index contributed by atoms with van der Waals surface area (Å²) in [7, 11) is -3.97. The Kier molecular flexibility index (Phi) is 4.82. The predicted octanol–water partition coefficient (Wildman–Crippen LogP) is 2.07. The third-order valence-electron chi connectivity index (χ3n) is 3.07. The molecule has 1 aromatic carbocycles. The van der Waals surface area contributed by atoms with Crippen LogP contribution in [0.4, 0.5) is 4.79 Å². The van der Waals surface area contributed by atoms with Gasteiger partial charge in [-0.15, -0.1) is 5.10 Å². The number of nitrogens with zero attached hydrogens (tertiary/aromatic N) is 4. The zero-order chi connectivity index (χ0) is 16.3. The lowest BCUT2D eigenvalue weighted by Crippen LogP contribution is -2.34. The highest BCUT2D eigenvalue weighted by Crippen LogP contribution is 2.25. The highest BCUT2D eigenvalue weighted by Gasteiger charge is 2.26. The van der Waals surface area contributed by atoms with Crippen LogP contribution in [0.15, 0.2) is 40.6 Å². The Labute approximate surface area is 133 Å². The normalized spacial score (nSPS) is 11.4. The maximum absolute atomic E-state index is 12.5. The summed E-state index contributed by atoms with van der Waals surface area (Å²) in [6, 6.07) is 5.57. The van der Waals surface area contributed by atoms with Crippen molar-refractivity contribution in [3.8, 4) is 0 Å². The fourth-order valence-corrected chi connectivity index (χ4v) is 3.46. The molecule has 0 saturated heterocycles. The fourth-order valence-electron chi connectivity index (χ4n) is 1.86. The van der Waals surface area contributed by atoms with Gasteiger partial charge in [0.1, 0.15) is 6.33 Å². The highest BCUT2D eigenvalue weighted by atomic mass is 35.5. The second-order valence-corrected chi connectivity index (χ2v) is 6.58. The number of sulfone groups is 1. The lowest BCUT2D eigenvalue weighted by Gasteiger charge is -2.17. The zero-order valence-electron chi connectivity index (χ0n) is 12.1. The SMILES string of the molecule is CCN(CC)C(=O)n1cnc(S(=O)(=O)c2ccccc2Cl)n1. The van der Waals surface area contributed by atoms with Crippen LogP contribution in [0.3, 0.4) is 0 Å². The van der Waals surface area contributed by atoms with E-state index in [-0.39, 0.29) is 9.92 Å². The maximum Gasteiger partial charge on any atom is 0.346 e. The first kappa shape index (κ1) is 16.4. The van der Waals surface area contributed by atoms with Gasteiger partial charge in [0.15, 0.2) is 0 Å². The van der Waals surface area contributed by atoms with Crippen molar-refractivity contribution in [1.82, 2.24) is 19.7 Å². The molecule has 0 aliphatic carbocycles. The molecule has 0 unspecified atom stereocenters. The van der Waals surface area contributed by atoms with Crippen LogP contribution in [-0.4, -0.2) is 47.2 Å². The summed E-state index contributed by atoms with van der Waals surface area (Å²) < 4.78 is 25.8. The summed E-state index contributed by atoms with van der Waals surface area (Å²) in [6.07, 6.45) is 1.09. The molecule has 0 saturated carbocycles. The fraction of sp³-hybridized carbons (Fsp3) is 0.308. The monoisotopic (exact) mass is 342 g/mol. The topological polar surface area (TPSA) is 85.2 Å². The number of carbonyl (C=O) groups excluding carboxylic acids is 1. The minimum atomic E-state index is -3.97. The predicted molar refractivity (Wildman–Crippen MR) is 80.6 cm³/mol. The van der Waals surface area contributed by atoms with Crippen LogP contribution in [0.5, 0.6) is 0 Å². The summed E-state index contributed by atoms with van der Waals surface area (Å²) in [4.78, 5) is 17.3. The first-order valence-corrected chi connectivity index (χ1v) is 8.48. The van der Waals surface area contributed by atoms with E-state index in [1.165, 1.54) is 17.0 Å². The molecule has 1 amide bonds. The second kappa shape index (κ2) is 6.45. The van der Waals surface area contributed by atoms with Crippen LogP contribution in [0.2, 0.25) is 5.02 Å². The Morgan fingerprint density at radius 1 is 1.27 bits per heavy atom. The molecule has 0 bridgehead atoms. The Morgan fingerprint density at radius 3 is 2.50 bits per heavy atom. The number of carbonyl (C=O) groups is 1.